The van der Waals surface area contributed by atoms with E-state index >= 15 is 0 Å². The first-order valence-electron chi connectivity index (χ1n) is 10.7. The second-order valence-electron chi connectivity index (χ2n) is 8.19. The first-order chi connectivity index (χ1) is 14.4. The zero-order chi connectivity index (χ0) is 21.5. The molecule has 3 rings (SSSR count). The topological polar surface area (TPSA) is 66.4 Å². The van der Waals surface area contributed by atoms with Gasteiger partial charge in [-0.3, -0.25) is 4.79 Å². The van der Waals surface area contributed by atoms with Gasteiger partial charge in [0.2, 0.25) is 5.91 Å². The lowest BCUT2D eigenvalue weighted by Gasteiger charge is -2.39. The van der Waals surface area contributed by atoms with Crippen LogP contribution in [0.25, 0.3) is 0 Å². The molecule has 7 nitrogen and oxygen atoms in total. The Morgan fingerprint density at radius 1 is 1.26 bits per heavy atom. The molecule has 2 saturated heterocycles. The van der Waals surface area contributed by atoms with Gasteiger partial charge in [-0.2, -0.15) is 0 Å². The van der Waals surface area contributed by atoms with Crippen LogP contribution in [0.1, 0.15) is 37.9 Å². The highest BCUT2D eigenvalue weighted by molar-refractivity contribution is 14.0. The first kappa shape index (κ1) is 25.8. The molecule has 9 heteroatoms. The first-order valence-corrected chi connectivity index (χ1v) is 10.7. The quantitative estimate of drug-likeness (QED) is 0.349. The number of aliphatic imine (C=N–C) groups is 1. The third kappa shape index (κ3) is 7.87. The molecule has 2 aliphatic rings. The van der Waals surface area contributed by atoms with Crippen LogP contribution >= 0.6 is 24.0 Å². The van der Waals surface area contributed by atoms with Gasteiger partial charge in [0.1, 0.15) is 18.5 Å². The van der Waals surface area contributed by atoms with E-state index in [9.17, 15) is 9.18 Å². The summed E-state index contributed by atoms with van der Waals surface area (Å²) in [5.41, 5.74) is 0.923. The maximum atomic E-state index is 13.3. The minimum absolute atomic E-state index is 0. The Bertz CT molecular complexity index is 726. The van der Waals surface area contributed by atoms with Crippen molar-refractivity contribution >= 4 is 35.8 Å². The van der Waals surface area contributed by atoms with Gasteiger partial charge < -0.3 is 24.6 Å². The van der Waals surface area contributed by atoms with Crippen LogP contribution in [0.3, 0.4) is 0 Å². The number of morpholine rings is 1. The van der Waals surface area contributed by atoms with Gasteiger partial charge in [-0.25, -0.2) is 9.38 Å². The van der Waals surface area contributed by atoms with Crippen molar-refractivity contribution in [3.05, 3.63) is 35.6 Å². The van der Waals surface area contributed by atoms with Gasteiger partial charge in [0.15, 0.2) is 5.96 Å². The summed E-state index contributed by atoms with van der Waals surface area (Å²) in [6.07, 6.45) is 3.22. The Kier molecular flexibility index (Phi) is 10.4. The number of carbonyl (C=O) groups excluding carboxylic acids is 1. The van der Waals surface area contributed by atoms with E-state index in [1.807, 2.05) is 6.92 Å². The largest absolute Gasteiger partial charge is 0.376 e. The fourth-order valence-electron chi connectivity index (χ4n) is 3.71. The molecule has 3 atom stereocenters. The molecule has 1 aromatic carbocycles. The number of carbonyl (C=O) groups is 1. The molecule has 31 heavy (non-hydrogen) atoms. The number of hydrogen-bond acceptors (Lipinski definition) is 4. The van der Waals surface area contributed by atoms with Crippen molar-refractivity contribution in [2.24, 2.45) is 4.99 Å². The molecule has 0 saturated carbocycles. The van der Waals surface area contributed by atoms with Crippen LogP contribution in [0.4, 0.5) is 4.39 Å². The molecule has 174 valence electrons. The summed E-state index contributed by atoms with van der Waals surface area (Å²) >= 11 is 0. The predicted octanol–water partition coefficient (Wildman–Crippen LogP) is 2.81. The fraction of sp³-hybridized carbons (Fsp3) is 0.636. The van der Waals surface area contributed by atoms with Crippen LogP contribution in [0.15, 0.2) is 29.3 Å². The van der Waals surface area contributed by atoms with Gasteiger partial charge in [-0.1, -0.05) is 12.1 Å². The maximum absolute atomic E-state index is 13.3. The minimum atomic E-state index is -0.266. The predicted molar refractivity (Wildman–Crippen MR) is 129 cm³/mol. The highest BCUT2D eigenvalue weighted by Gasteiger charge is 2.29. The fourth-order valence-corrected chi connectivity index (χ4v) is 3.71. The summed E-state index contributed by atoms with van der Waals surface area (Å²) in [5.74, 6) is 0.360. The minimum Gasteiger partial charge on any atom is -0.376 e. The molecule has 0 aliphatic carbocycles. The Hall–Kier alpha value is -1.46. The SMILES string of the molecule is CC1CN(C(=NCC(=O)N(C)C)NCC2CCCCO2)CC(c2ccc(F)cc2)O1.I. The van der Waals surface area contributed by atoms with E-state index < -0.39 is 0 Å². The van der Waals surface area contributed by atoms with Crippen molar-refractivity contribution in [2.75, 3.05) is 46.9 Å². The molecular formula is C22H34FIN4O3. The molecule has 2 aliphatic heterocycles. The van der Waals surface area contributed by atoms with E-state index in [0.717, 1.165) is 25.0 Å². The van der Waals surface area contributed by atoms with Crippen LogP contribution < -0.4 is 5.32 Å². The van der Waals surface area contributed by atoms with Crippen molar-refractivity contribution in [1.29, 1.82) is 0 Å². The van der Waals surface area contributed by atoms with Crippen molar-refractivity contribution in [3.63, 3.8) is 0 Å². The molecule has 2 heterocycles. The van der Waals surface area contributed by atoms with E-state index in [2.05, 4.69) is 15.2 Å². The Balaban J connectivity index is 0.00000341. The summed E-state index contributed by atoms with van der Waals surface area (Å²) in [5, 5.41) is 3.42. The highest BCUT2D eigenvalue weighted by atomic mass is 127. The van der Waals surface area contributed by atoms with Crippen molar-refractivity contribution in [2.45, 2.75) is 44.5 Å². The lowest BCUT2D eigenvalue weighted by molar-refractivity contribution is -0.127. The summed E-state index contributed by atoms with van der Waals surface area (Å²) in [6.45, 7) is 4.76. The smallest absolute Gasteiger partial charge is 0.243 e. The zero-order valence-corrected chi connectivity index (χ0v) is 20.9. The number of halogens is 2. The maximum Gasteiger partial charge on any atom is 0.243 e. The van der Waals surface area contributed by atoms with Crippen molar-refractivity contribution in [1.82, 2.24) is 15.1 Å². The summed E-state index contributed by atoms with van der Waals surface area (Å²) in [7, 11) is 3.45. The molecule has 1 aromatic rings. The summed E-state index contributed by atoms with van der Waals surface area (Å²) in [4.78, 5) is 20.4. The van der Waals surface area contributed by atoms with E-state index in [0.29, 0.717) is 25.6 Å². The van der Waals surface area contributed by atoms with Crippen LogP contribution in [0, 0.1) is 5.82 Å². The monoisotopic (exact) mass is 548 g/mol. The molecule has 2 fully saturated rings. The number of guanidine groups is 1. The Labute approximate surface area is 201 Å². The van der Waals surface area contributed by atoms with Crippen molar-refractivity contribution in [3.8, 4) is 0 Å². The van der Waals surface area contributed by atoms with Gasteiger partial charge >= 0.3 is 0 Å². The Morgan fingerprint density at radius 2 is 2.00 bits per heavy atom. The molecule has 0 radical (unpaired) electrons. The molecule has 1 amide bonds. The molecule has 0 aromatic heterocycles. The highest BCUT2D eigenvalue weighted by Crippen LogP contribution is 2.25. The number of nitrogens with zero attached hydrogens (tertiary/aromatic N) is 3. The van der Waals surface area contributed by atoms with Crippen LogP contribution in [0.2, 0.25) is 0 Å². The number of likely N-dealkylation sites (N-methyl/N-ethyl adjacent to an activating group) is 1. The average Bonchev–Trinajstić information content (AvgIpc) is 2.74. The van der Waals surface area contributed by atoms with Crippen molar-refractivity contribution < 1.29 is 18.7 Å². The summed E-state index contributed by atoms with van der Waals surface area (Å²) < 4.78 is 25.3. The van der Waals surface area contributed by atoms with Crippen LogP contribution in [0.5, 0.6) is 0 Å². The number of rotatable bonds is 5. The van der Waals surface area contributed by atoms with E-state index in [-0.39, 0.29) is 60.6 Å². The lowest BCUT2D eigenvalue weighted by Crippen LogP contribution is -2.52. The van der Waals surface area contributed by atoms with Gasteiger partial charge in [0, 0.05) is 33.8 Å². The van der Waals surface area contributed by atoms with Gasteiger partial charge in [-0.05, 0) is 43.9 Å². The molecular weight excluding hydrogens is 514 g/mol. The van der Waals surface area contributed by atoms with E-state index in [1.54, 1.807) is 26.2 Å². The zero-order valence-electron chi connectivity index (χ0n) is 18.6. The average molecular weight is 548 g/mol. The molecule has 1 N–H and O–H groups in total. The molecule has 3 unspecified atom stereocenters. The molecule has 0 spiro atoms. The third-order valence-corrected chi connectivity index (χ3v) is 5.43. The van der Waals surface area contributed by atoms with Gasteiger partial charge in [-0.15, -0.1) is 24.0 Å². The second kappa shape index (κ2) is 12.5. The second-order valence-corrected chi connectivity index (χ2v) is 8.19. The van der Waals surface area contributed by atoms with E-state index in [1.165, 1.54) is 23.5 Å². The van der Waals surface area contributed by atoms with Crippen LogP contribution in [-0.4, -0.2) is 80.8 Å². The standard InChI is InChI=1S/C22H33FN4O3.HI/c1-16-14-27(15-20(30-16)17-7-9-18(23)10-8-17)22(25-13-21(28)26(2)3)24-12-19-6-4-5-11-29-19;/h7-10,16,19-20H,4-6,11-15H2,1-3H3,(H,24,25);1H. The number of nitrogens with one attached hydrogen (secondary N) is 1. The lowest BCUT2D eigenvalue weighted by atomic mass is 10.1. The van der Waals surface area contributed by atoms with Gasteiger partial charge in [0.25, 0.3) is 0 Å². The van der Waals surface area contributed by atoms with E-state index in [4.69, 9.17) is 9.47 Å². The number of ether oxygens (including phenoxy) is 2. The third-order valence-electron chi connectivity index (χ3n) is 5.43. The number of benzene rings is 1. The summed E-state index contributed by atoms with van der Waals surface area (Å²) in [6, 6.07) is 6.41. The van der Waals surface area contributed by atoms with Gasteiger partial charge in [0.05, 0.1) is 18.8 Å². The number of amides is 1. The normalized spacial score (nSPS) is 24.3. The Morgan fingerprint density at radius 3 is 2.65 bits per heavy atom. The van der Waals surface area contributed by atoms with Crippen LogP contribution in [-0.2, 0) is 14.3 Å². The molecule has 0 bridgehead atoms. The number of hydrogen-bond donors (Lipinski definition) is 1.